The molecule has 2 aliphatic rings. The fraction of sp³-hybridized carbons (Fsp3) is 0.667. The maximum atomic E-state index is 13.0. The van der Waals surface area contributed by atoms with Crippen molar-refractivity contribution in [2.24, 2.45) is 11.3 Å². The van der Waals surface area contributed by atoms with Crippen molar-refractivity contribution in [2.45, 2.75) is 64.4 Å². The third kappa shape index (κ3) is 4.22. The van der Waals surface area contributed by atoms with Gasteiger partial charge in [-0.25, -0.2) is 4.39 Å². The lowest BCUT2D eigenvalue weighted by atomic mass is 9.80. The SMILES string of the molecule is CC1(C(=O)N2CCC(C(O)c3ccc(F)cc3)CC2)CCCCCC1. The zero-order valence-electron chi connectivity index (χ0n) is 15.2. The largest absolute Gasteiger partial charge is 0.388 e. The van der Waals surface area contributed by atoms with E-state index in [1.54, 1.807) is 12.1 Å². The number of nitrogens with zero attached hydrogens (tertiary/aromatic N) is 1. The van der Waals surface area contributed by atoms with Crippen molar-refractivity contribution in [1.82, 2.24) is 4.90 Å². The van der Waals surface area contributed by atoms with Crippen LogP contribution in [0.1, 0.15) is 70.0 Å². The fourth-order valence-corrected chi connectivity index (χ4v) is 4.45. The molecule has 1 saturated carbocycles. The number of amides is 1. The molecular formula is C21H30FNO2. The number of aliphatic hydroxyl groups is 1. The van der Waals surface area contributed by atoms with E-state index in [0.29, 0.717) is 5.91 Å². The Morgan fingerprint density at radius 1 is 1.12 bits per heavy atom. The van der Waals surface area contributed by atoms with Gasteiger partial charge in [0.25, 0.3) is 0 Å². The van der Waals surface area contributed by atoms with Crippen LogP contribution < -0.4 is 0 Å². The van der Waals surface area contributed by atoms with E-state index in [1.807, 2.05) is 4.90 Å². The molecule has 0 spiro atoms. The first kappa shape index (κ1) is 18.4. The topological polar surface area (TPSA) is 40.5 Å². The molecule has 1 heterocycles. The molecule has 0 radical (unpaired) electrons. The number of benzene rings is 1. The second-order valence-electron chi connectivity index (χ2n) is 8.10. The summed E-state index contributed by atoms with van der Waals surface area (Å²) in [6.07, 6.45) is 7.84. The lowest BCUT2D eigenvalue weighted by Gasteiger charge is -2.39. The summed E-state index contributed by atoms with van der Waals surface area (Å²) in [7, 11) is 0. The summed E-state index contributed by atoms with van der Waals surface area (Å²) in [6, 6.07) is 6.10. The molecule has 1 unspecified atom stereocenters. The van der Waals surface area contributed by atoms with Crippen LogP contribution >= 0.6 is 0 Å². The highest BCUT2D eigenvalue weighted by atomic mass is 19.1. The first-order valence-corrected chi connectivity index (χ1v) is 9.72. The Balaban J connectivity index is 1.57. The number of likely N-dealkylation sites (tertiary alicyclic amines) is 1. The quantitative estimate of drug-likeness (QED) is 0.820. The van der Waals surface area contributed by atoms with Crippen molar-refractivity contribution in [1.29, 1.82) is 0 Å². The van der Waals surface area contributed by atoms with Crippen molar-refractivity contribution in [3.8, 4) is 0 Å². The van der Waals surface area contributed by atoms with Crippen LogP contribution in [0.25, 0.3) is 0 Å². The Hall–Kier alpha value is -1.42. The average Bonchev–Trinajstić information content (AvgIpc) is 2.87. The minimum Gasteiger partial charge on any atom is -0.388 e. The van der Waals surface area contributed by atoms with E-state index in [0.717, 1.165) is 57.2 Å². The summed E-state index contributed by atoms with van der Waals surface area (Å²) >= 11 is 0. The molecule has 25 heavy (non-hydrogen) atoms. The number of carbonyl (C=O) groups is 1. The Morgan fingerprint density at radius 3 is 2.24 bits per heavy atom. The Kier molecular flexibility index (Phi) is 5.78. The molecule has 2 fully saturated rings. The minimum absolute atomic E-state index is 0.136. The highest BCUT2D eigenvalue weighted by Crippen LogP contribution is 2.38. The van der Waals surface area contributed by atoms with E-state index in [2.05, 4.69) is 6.92 Å². The smallest absolute Gasteiger partial charge is 0.228 e. The van der Waals surface area contributed by atoms with Gasteiger partial charge in [0.1, 0.15) is 5.82 Å². The van der Waals surface area contributed by atoms with Crippen molar-refractivity contribution in [3.05, 3.63) is 35.6 Å². The summed E-state index contributed by atoms with van der Waals surface area (Å²) in [5.41, 5.74) is 0.570. The third-order valence-electron chi connectivity index (χ3n) is 6.21. The number of rotatable bonds is 3. The standard InChI is InChI=1S/C21H30FNO2/c1-21(12-4-2-3-5-13-21)20(25)23-14-10-17(11-15-23)19(24)16-6-8-18(22)9-7-16/h6-9,17,19,24H,2-5,10-15H2,1H3. The Labute approximate surface area is 150 Å². The molecule has 0 aromatic heterocycles. The average molecular weight is 347 g/mol. The van der Waals surface area contributed by atoms with Gasteiger partial charge in [-0.15, -0.1) is 0 Å². The number of carbonyl (C=O) groups excluding carboxylic acids is 1. The van der Waals surface area contributed by atoms with Crippen molar-refractivity contribution >= 4 is 5.91 Å². The number of aliphatic hydroxyl groups excluding tert-OH is 1. The van der Waals surface area contributed by atoms with E-state index in [9.17, 15) is 14.3 Å². The van der Waals surface area contributed by atoms with Crippen LogP contribution in [0.15, 0.2) is 24.3 Å². The van der Waals surface area contributed by atoms with Gasteiger partial charge in [0, 0.05) is 18.5 Å². The van der Waals surface area contributed by atoms with Crippen LogP contribution in [-0.4, -0.2) is 29.0 Å². The molecule has 3 nitrogen and oxygen atoms in total. The monoisotopic (exact) mass is 347 g/mol. The maximum absolute atomic E-state index is 13.0. The van der Waals surface area contributed by atoms with Gasteiger partial charge in [-0.3, -0.25) is 4.79 Å². The fourth-order valence-electron chi connectivity index (χ4n) is 4.45. The highest BCUT2D eigenvalue weighted by Gasteiger charge is 2.38. The first-order chi connectivity index (χ1) is 12.0. The number of piperidine rings is 1. The second-order valence-corrected chi connectivity index (χ2v) is 8.10. The Morgan fingerprint density at radius 2 is 1.68 bits per heavy atom. The first-order valence-electron chi connectivity index (χ1n) is 9.72. The molecule has 3 rings (SSSR count). The van der Waals surface area contributed by atoms with Crippen LogP contribution in [0.3, 0.4) is 0 Å². The van der Waals surface area contributed by atoms with Crippen LogP contribution in [0.2, 0.25) is 0 Å². The van der Waals surface area contributed by atoms with Crippen LogP contribution in [0.4, 0.5) is 4.39 Å². The molecule has 1 N–H and O–H groups in total. The van der Waals surface area contributed by atoms with Crippen molar-refractivity contribution in [3.63, 3.8) is 0 Å². The molecule has 1 aromatic rings. The number of halogens is 1. The molecule has 1 aliphatic heterocycles. The molecule has 0 bridgehead atoms. The van der Waals surface area contributed by atoms with E-state index in [1.165, 1.54) is 25.0 Å². The summed E-state index contributed by atoms with van der Waals surface area (Å²) in [4.78, 5) is 15.0. The summed E-state index contributed by atoms with van der Waals surface area (Å²) < 4.78 is 13.0. The van der Waals surface area contributed by atoms with Gasteiger partial charge in [0.15, 0.2) is 0 Å². The Bertz CT molecular complexity index is 570. The molecule has 4 heteroatoms. The van der Waals surface area contributed by atoms with E-state index < -0.39 is 6.10 Å². The van der Waals surface area contributed by atoms with Gasteiger partial charge in [-0.2, -0.15) is 0 Å². The molecule has 138 valence electrons. The van der Waals surface area contributed by atoms with E-state index >= 15 is 0 Å². The zero-order chi connectivity index (χ0) is 17.9. The minimum atomic E-state index is -0.577. The zero-order valence-corrected chi connectivity index (χ0v) is 15.2. The second kappa shape index (κ2) is 7.86. The van der Waals surface area contributed by atoms with Crippen molar-refractivity contribution in [2.75, 3.05) is 13.1 Å². The van der Waals surface area contributed by atoms with Crippen LogP contribution in [0.5, 0.6) is 0 Å². The molecular weight excluding hydrogens is 317 g/mol. The van der Waals surface area contributed by atoms with E-state index in [-0.39, 0.29) is 17.2 Å². The summed E-state index contributed by atoms with van der Waals surface area (Å²) in [6.45, 7) is 3.58. The lowest BCUT2D eigenvalue weighted by molar-refractivity contribution is -0.144. The van der Waals surface area contributed by atoms with Gasteiger partial charge in [-0.05, 0) is 49.3 Å². The molecule has 1 atom stereocenters. The molecule has 1 aliphatic carbocycles. The third-order valence-corrected chi connectivity index (χ3v) is 6.21. The lowest BCUT2D eigenvalue weighted by Crippen LogP contribution is -2.46. The van der Waals surface area contributed by atoms with Gasteiger partial charge < -0.3 is 10.0 Å². The normalized spacial score (nSPS) is 23.1. The molecule has 1 amide bonds. The van der Waals surface area contributed by atoms with Gasteiger partial charge >= 0.3 is 0 Å². The highest BCUT2D eigenvalue weighted by molar-refractivity contribution is 5.82. The van der Waals surface area contributed by atoms with Crippen LogP contribution in [-0.2, 0) is 4.79 Å². The van der Waals surface area contributed by atoms with Gasteiger partial charge in [0.2, 0.25) is 5.91 Å². The summed E-state index contributed by atoms with van der Waals surface area (Å²) in [5, 5.41) is 10.6. The molecule has 1 aromatic carbocycles. The maximum Gasteiger partial charge on any atom is 0.228 e. The van der Waals surface area contributed by atoms with Gasteiger partial charge in [0.05, 0.1) is 6.10 Å². The van der Waals surface area contributed by atoms with Gasteiger partial charge in [-0.1, -0.05) is 44.7 Å². The predicted molar refractivity (Wildman–Crippen MR) is 96.5 cm³/mol. The van der Waals surface area contributed by atoms with Crippen molar-refractivity contribution < 1.29 is 14.3 Å². The van der Waals surface area contributed by atoms with Crippen LogP contribution in [0, 0.1) is 17.2 Å². The van der Waals surface area contributed by atoms with E-state index in [4.69, 9.17) is 0 Å². The number of hydrogen-bond acceptors (Lipinski definition) is 2. The summed E-state index contributed by atoms with van der Waals surface area (Å²) in [5.74, 6) is 0.161. The number of hydrogen-bond donors (Lipinski definition) is 1. The predicted octanol–water partition coefficient (Wildman–Crippen LogP) is 4.46. The molecule has 1 saturated heterocycles.